The van der Waals surface area contributed by atoms with E-state index in [1.165, 1.54) is 36.0 Å². The maximum atomic E-state index is 13.2. The molecule has 2 amide bonds. The fourth-order valence-electron chi connectivity index (χ4n) is 5.60. The zero-order valence-electron chi connectivity index (χ0n) is 22.0. The van der Waals surface area contributed by atoms with E-state index in [0.29, 0.717) is 30.2 Å². The zero-order valence-corrected chi connectivity index (χ0v) is 22.0. The van der Waals surface area contributed by atoms with Crippen molar-refractivity contribution in [2.75, 3.05) is 38.7 Å². The molecule has 0 aromatic heterocycles. The Kier molecular flexibility index (Phi) is 8.22. The van der Waals surface area contributed by atoms with Crippen molar-refractivity contribution in [3.63, 3.8) is 0 Å². The lowest BCUT2D eigenvalue weighted by molar-refractivity contribution is 0.140. The van der Waals surface area contributed by atoms with Crippen molar-refractivity contribution in [1.29, 1.82) is 0 Å². The number of carbonyl (C=O) groups is 1. The van der Waals surface area contributed by atoms with E-state index in [-0.39, 0.29) is 6.03 Å². The highest BCUT2D eigenvalue weighted by Gasteiger charge is 2.23. The normalized spacial score (nSPS) is 15.3. The molecule has 1 heterocycles. The van der Waals surface area contributed by atoms with Gasteiger partial charge < -0.3 is 19.7 Å². The summed E-state index contributed by atoms with van der Waals surface area (Å²) >= 11 is 0. The van der Waals surface area contributed by atoms with Crippen molar-refractivity contribution in [3.05, 3.63) is 52.6 Å². The second kappa shape index (κ2) is 11.3. The van der Waals surface area contributed by atoms with E-state index in [4.69, 9.17) is 9.47 Å². The summed E-state index contributed by atoms with van der Waals surface area (Å²) in [6.45, 7) is 11.7. The van der Waals surface area contributed by atoms with E-state index in [1.807, 2.05) is 23.1 Å². The number of hydrogen-bond donors (Lipinski definition) is 1. The molecule has 2 aromatic carbocycles. The Morgan fingerprint density at radius 1 is 0.943 bits per heavy atom. The second-order valence-corrected chi connectivity index (χ2v) is 10.3. The Bertz CT molecular complexity index is 1030. The van der Waals surface area contributed by atoms with Crippen LogP contribution in [-0.4, -0.2) is 61.3 Å². The standard InChI is InChI=1S/C29H41N3O3/c1-20(2)32(21(3)4)17-18-35-28-19-24(11-12-27(28)34-5)30-29(33)31-15-13-23-10-9-22-7-6-8-25(22)26(23)14-16-31/h9-12,19-21H,6-8,13-18H2,1-5H3,(H,30,33). The van der Waals surface area contributed by atoms with E-state index >= 15 is 0 Å². The molecular weight excluding hydrogens is 438 g/mol. The maximum absolute atomic E-state index is 13.2. The topological polar surface area (TPSA) is 54.0 Å². The molecule has 6 heteroatoms. The lowest BCUT2D eigenvalue weighted by Crippen LogP contribution is -2.39. The molecule has 2 aromatic rings. The Balaban J connectivity index is 1.38. The molecular formula is C29H41N3O3. The highest BCUT2D eigenvalue weighted by Crippen LogP contribution is 2.32. The number of hydrogen-bond acceptors (Lipinski definition) is 4. The maximum Gasteiger partial charge on any atom is 0.321 e. The summed E-state index contributed by atoms with van der Waals surface area (Å²) in [6.07, 6.45) is 5.48. The van der Waals surface area contributed by atoms with Gasteiger partial charge >= 0.3 is 6.03 Å². The quantitative estimate of drug-likeness (QED) is 0.557. The minimum absolute atomic E-state index is 0.0589. The van der Waals surface area contributed by atoms with Crippen LogP contribution in [-0.2, 0) is 25.7 Å². The summed E-state index contributed by atoms with van der Waals surface area (Å²) in [5.41, 5.74) is 6.69. The Labute approximate surface area is 210 Å². The van der Waals surface area contributed by atoms with Crippen molar-refractivity contribution in [1.82, 2.24) is 9.80 Å². The van der Waals surface area contributed by atoms with E-state index < -0.39 is 0 Å². The molecule has 1 aliphatic carbocycles. The Morgan fingerprint density at radius 3 is 2.34 bits per heavy atom. The van der Waals surface area contributed by atoms with Crippen LogP contribution in [0.25, 0.3) is 0 Å². The number of anilines is 1. The van der Waals surface area contributed by atoms with E-state index in [9.17, 15) is 4.79 Å². The summed E-state index contributed by atoms with van der Waals surface area (Å²) in [6, 6.07) is 11.0. The van der Waals surface area contributed by atoms with Gasteiger partial charge in [0.2, 0.25) is 0 Å². The summed E-state index contributed by atoms with van der Waals surface area (Å²) in [5, 5.41) is 3.09. The van der Waals surface area contributed by atoms with Gasteiger partial charge in [-0.3, -0.25) is 4.90 Å². The van der Waals surface area contributed by atoms with E-state index in [2.05, 4.69) is 50.0 Å². The summed E-state index contributed by atoms with van der Waals surface area (Å²) in [5.74, 6) is 1.32. The predicted octanol–water partition coefficient (Wildman–Crippen LogP) is 5.31. The van der Waals surface area contributed by atoms with Crippen LogP contribution in [0.3, 0.4) is 0 Å². The molecule has 4 rings (SSSR count). The minimum atomic E-state index is -0.0589. The average molecular weight is 480 g/mol. The van der Waals surface area contributed by atoms with Gasteiger partial charge in [0, 0.05) is 43.5 Å². The number of nitrogens with zero attached hydrogens (tertiary/aromatic N) is 2. The molecule has 1 aliphatic heterocycles. The number of methoxy groups -OCH3 is 1. The van der Waals surface area contributed by atoms with Gasteiger partial charge in [0.15, 0.2) is 11.5 Å². The Morgan fingerprint density at radius 2 is 1.63 bits per heavy atom. The van der Waals surface area contributed by atoms with E-state index in [0.717, 1.165) is 38.2 Å². The fraction of sp³-hybridized carbons (Fsp3) is 0.552. The van der Waals surface area contributed by atoms with Crippen LogP contribution in [0.2, 0.25) is 0 Å². The third-order valence-corrected chi connectivity index (χ3v) is 7.42. The molecule has 0 atom stereocenters. The SMILES string of the molecule is COc1ccc(NC(=O)N2CCc3ccc4c(c3CC2)CCC4)cc1OCCN(C(C)C)C(C)C. The number of fused-ring (bicyclic) bond motifs is 3. The predicted molar refractivity (Wildman–Crippen MR) is 142 cm³/mol. The lowest BCUT2D eigenvalue weighted by atomic mass is 9.94. The van der Waals surface area contributed by atoms with Crippen molar-refractivity contribution in [2.45, 2.75) is 71.9 Å². The first kappa shape index (κ1) is 25.4. The molecule has 0 spiro atoms. The van der Waals surface area contributed by atoms with Gasteiger partial charge in [-0.1, -0.05) is 12.1 Å². The molecule has 2 aliphatic rings. The third-order valence-electron chi connectivity index (χ3n) is 7.42. The number of aryl methyl sites for hydroxylation is 1. The summed E-state index contributed by atoms with van der Waals surface area (Å²) in [4.78, 5) is 17.5. The molecule has 6 nitrogen and oxygen atoms in total. The first-order chi connectivity index (χ1) is 16.9. The molecule has 0 fully saturated rings. The van der Waals surface area contributed by atoms with Crippen molar-refractivity contribution >= 4 is 11.7 Å². The van der Waals surface area contributed by atoms with Crippen LogP contribution in [0.5, 0.6) is 11.5 Å². The van der Waals surface area contributed by atoms with Gasteiger partial charge in [-0.25, -0.2) is 4.79 Å². The van der Waals surface area contributed by atoms with Gasteiger partial charge in [0.05, 0.1) is 7.11 Å². The molecule has 190 valence electrons. The summed E-state index contributed by atoms with van der Waals surface area (Å²) in [7, 11) is 1.64. The average Bonchev–Trinajstić information content (AvgIpc) is 3.20. The second-order valence-electron chi connectivity index (χ2n) is 10.3. The molecule has 0 radical (unpaired) electrons. The van der Waals surface area contributed by atoms with Crippen molar-refractivity contribution in [3.8, 4) is 11.5 Å². The fourth-order valence-corrected chi connectivity index (χ4v) is 5.60. The van der Waals surface area contributed by atoms with Gasteiger partial charge in [-0.2, -0.15) is 0 Å². The number of ether oxygens (including phenoxy) is 2. The number of rotatable bonds is 8. The van der Waals surface area contributed by atoms with Gasteiger partial charge in [0.1, 0.15) is 6.61 Å². The number of amides is 2. The number of urea groups is 1. The van der Waals surface area contributed by atoms with Gasteiger partial charge in [0.25, 0.3) is 0 Å². The summed E-state index contributed by atoms with van der Waals surface area (Å²) < 4.78 is 11.6. The smallest absolute Gasteiger partial charge is 0.321 e. The van der Waals surface area contributed by atoms with Crippen molar-refractivity contribution in [2.24, 2.45) is 0 Å². The van der Waals surface area contributed by atoms with Crippen LogP contribution in [0, 0.1) is 0 Å². The van der Waals surface area contributed by atoms with Crippen LogP contribution < -0.4 is 14.8 Å². The molecule has 0 saturated carbocycles. The molecule has 1 N–H and O–H groups in total. The molecule has 35 heavy (non-hydrogen) atoms. The molecule has 0 unspecified atom stereocenters. The van der Waals surface area contributed by atoms with Crippen LogP contribution >= 0.6 is 0 Å². The third kappa shape index (κ3) is 5.92. The van der Waals surface area contributed by atoms with Gasteiger partial charge in [-0.15, -0.1) is 0 Å². The number of benzene rings is 2. The van der Waals surface area contributed by atoms with Crippen LogP contribution in [0.1, 0.15) is 56.4 Å². The van der Waals surface area contributed by atoms with E-state index in [1.54, 1.807) is 12.7 Å². The minimum Gasteiger partial charge on any atom is -0.493 e. The van der Waals surface area contributed by atoms with Crippen LogP contribution in [0.15, 0.2) is 30.3 Å². The van der Waals surface area contributed by atoms with Gasteiger partial charge in [-0.05, 0) is 94.2 Å². The zero-order chi connectivity index (χ0) is 24.9. The monoisotopic (exact) mass is 479 g/mol. The largest absolute Gasteiger partial charge is 0.493 e. The Hall–Kier alpha value is -2.73. The molecule has 0 bridgehead atoms. The molecule has 0 saturated heterocycles. The first-order valence-corrected chi connectivity index (χ1v) is 13.1. The first-order valence-electron chi connectivity index (χ1n) is 13.1. The van der Waals surface area contributed by atoms with Crippen molar-refractivity contribution < 1.29 is 14.3 Å². The number of nitrogens with one attached hydrogen (secondary N) is 1. The highest BCUT2D eigenvalue weighted by atomic mass is 16.5. The van der Waals surface area contributed by atoms with Crippen LogP contribution in [0.4, 0.5) is 10.5 Å². The lowest BCUT2D eigenvalue weighted by Gasteiger charge is -2.30. The highest BCUT2D eigenvalue weighted by molar-refractivity contribution is 5.89. The number of carbonyl (C=O) groups excluding carboxylic acids is 1.